The molecule has 0 saturated carbocycles. The molecule has 2 heterocycles. The fraction of sp³-hybridized carbons (Fsp3) is 0.619. The summed E-state index contributed by atoms with van der Waals surface area (Å²) in [6.07, 6.45) is 5.40. The minimum atomic E-state index is -0.0621. The van der Waals surface area contributed by atoms with Gasteiger partial charge in [0.15, 0.2) is 0 Å². The highest BCUT2D eigenvalue weighted by Crippen LogP contribution is 2.32. The Morgan fingerprint density at radius 1 is 1.03 bits per heavy atom. The van der Waals surface area contributed by atoms with E-state index in [-0.39, 0.29) is 36.6 Å². The van der Waals surface area contributed by atoms with Gasteiger partial charge in [-0.2, -0.15) is 0 Å². The van der Waals surface area contributed by atoms with Crippen molar-refractivity contribution >= 4 is 36.6 Å². The number of hydrogen-bond donors (Lipinski definition) is 3. The number of benzene rings is 1. The molecule has 0 radical (unpaired) electrons. The Labute approximate surface area is 186 Å². The lowest BCUT2D eigenvalue weighted by atomic mass is 9.89. The molecule has 2 amide bonds. The van der Waals surface area contributed by atoms with E-state index in [1.807, 2.05) is 43.3 Å². The van der Waals surface area contributed by atoms with Crippen molar-refractivity contribution < 1.29 is 9.59 Å². The number of carbonyl (C=O) groups excluding carboxylic acids is 2. The molecule has 0 aromatic heterocycles. The second kappa shape index (κ2) is 12.4. The zero-order chi connectivity index (χ0) is 19.2. The molecule has 164 valence electrons. The predicted molar refractivity (Wildman–Crippen MR) is 121 cm³/mol. The maximum absolute atomic E-state index is 12.3. The minimum absolute atomic E-state index is 0. The molecule has 2 fully saturated rings. The quantitative estimate of drug-likeness (QED) is 0.575. The van der Waals surface area contributed by atoms with E-state index in [2.05, 4.69) is 16.0 Å². The summed E-state index contributed by atoms with van der Waals surface area (Å²) in [6, 6.07) is 8.70. The highest BCUT2D eigenvalue weighted by Gasteiger charge is 2.34. The third-order valence-corrected chi connectivity index (χ3v) is 5.60. The van der Waals surface area contributed by atoms with Crippen LogP contribution in [0.1, 0.15) is 48.0 Å². The Hall–Kier alpha value is -1.34. The number of nitrogens with zero attached hydrogens (tertiary/aromatic N) is 1. The van der Waals surface area contributed by atoms with E-state index in [1.165, 1.54) is 12.8 Å². The number of rotatable bonds is 8. The molecule has 2 aliphatic rings. The van der Waals surface area contributed by atoms with Gasteiger partial charge in [-0.1, -0.05) is 12.1 Å². The number of fused-ring (bicyclic) bond motifs is 2. The molecule has 6 nitrogen and oxygen atoms in total. The molecule has 2 saturated heterocycles. The molecule has 2 bridgehead atoms. The van der Waals surface area contributed by atoms with E-state index in [0.717, 1.165) is 24.9 Å². The van der Waals surface area contributed by atoms with Gasteiger partial charge in [-0.15, -0.1) is 24.8 Å². The van der Waals surface area contributed by atoms with Crippen LogP contribution in [0.5, 0.6) is 0 Å². The first kappa shape index (κ1) is 25.7. The number of likely N-dealkylation sites (N-methyl/N-ethyl adjacent to an activating group) is 1. The summed E-state index contributed by atoms with van der Waals surface area (Å²) in [6.45, 7) is 1.95. The van der Waals surface area contributed by atoms with Crippen LogP contribution in [0.15, 0.2) is 24.3 Å². The molecular formula is C21H34Cl2N4O2. The number of amides is 2. The largest absolute Gasteiger partial charge is 0.352 e. The van der Waals surface area contributed by atoms with Crippen LogP contribution in [-0.4, -0.2) is 56.0 Å². The van der Waals surface area contributed by atoms with Crippen LogP contribution in [0.25, 0.3) is 0 Å². The highest BCUT2D eigenvalue weighted by atomic mass is 35.5. The Balaban J connectivity index is 0.00000210. The van der Waals surface area contributed by atoms with Crippen molar-refractivity contribution in [3.63, 3.8) is 0 Å². The number of halogens is 2. The Bertz CT molecular complexity index is 643. The average Bonchev–Trinajstić information content (AvgIpc) is 2.98. The van der Waals surface area contributed by atoms with Gasteiger partial charge in [-0.3, -0.25) is 9.59 Å². The van der Waals surface area contributed by atoms with E-state index >= 15 is 0 Å². The van der Waals surface area contributed by atoms with Crippen molar-refractivity contribution in [1.29, 1.82) is 0 Å². The molecule has 3 rings (SSSR count). The second-order valence-corrected chi connectivity index (χ2v) is 8.21. The average molecular weight is 445 g/mol. The Morgan fingerprint density at radius 2 is 1.66 bits per heavy atom. The maximum Gasteiger partial charge on any atom is 0.251 e. The predicted octanol–water partition coefficient (Wildman–Crippen LogP) is 2.36. The van der Waals surface area contributed by atoms with Gasteiger partial charge in [0.25, 0.3) is 5.91 Å². The fourth-order valence-corrected chi connectivity index (χ4v) is 4.15. The third-order valence-electron chi connectivity index (χ3n) is 5.60. The summed E-state index contributed by atoms with van der Waals surface area (Å²) >= 11 is 0. The molecule has 8 heteroatoms. The molecule has 2 atom stereocenters. The summed E-state index contributed by atoms with van der Waals surface area (Å²) in [5.41, 5.74) is 1.66. The zero-order valence-corrected chi connectivity index (χ0v) is 18.9. The maximum atomic E-state index is 12.3. The van der Waals surface area contributed by atoms with Gasteiger partial charge in [0.2, 0.25) is 5.91 Å². The first-order chi connectivity index (χ1) is 13.0. The summed E-state index contributed by atoms with van der Waals surface area (Å²) in [5.74, 6) is 0.580. The van der Waals surface area contributed by atoms with Crippen LogP contribution in [-0.2, 0) is 11.3 Å². The normalized spacial score (nSPS) is 22.4. The van der Waals surface area contributed by atoms with E-state index in [9.17, 15) is 9.59 Å². The van der Waals surface area contributed by atoms with Crippen LogP contribution >= 0.6 is 24.8 Å². The number of carbonyl (C=O) groups is 2. The molecule has 0 spiro atoms. The van der Waals surface area contributed by atoms with E-state index < -0.39 is 0 Å². The summed E-state index contributed by atoms with van der Waals surface area (Å²) in [7, 11) is 3.95. The first-order valence-corrected chi connectivity index (χ1v) is 10.0. The second-order valence-electron chi connectivity index (χ2n) is 8.21. The smallest absolute Gasteiger partial charge is 0.251 e. The number of piperidine rings is 1. The van der Waals surface area contributed by atoms with Gasteiger partial charge in [-0.25, -0.2) is 0 Å². The Morgan fingerprint density at radius 3 is 2.24 bits per heavy atom. The lowest BCUT2D eigenvalue weighted by molar-refractivity contribution is -0.122. The molecule has 29 heavy (non-hydrogen) atoms. The topological polar surface area (TPSA) is 73.5 Å². The zero-order valence-electron chi connectivity index (χ0n) is 17.3. The standard InChI is InChI=1S/C21H32N4O2.2ClH/c1-25(2)10-9-22-21(27)17-5-3-15(4-6-17)14-23-20(26)13-16-11-18-7-8-19(12-16)24-18;;/h3-6,16,18-19,24H,7-14H2,1-2H3,(H,22,27)(H,23,26);2*1H. The van der Waals surface area contributed by atoms with Crippen LogP contribution in [0.2, 0.25) is 0 Å². The highest BCUT2D eigenvalue weighted by molar-refractivity contribution is 5.94. The summed E-state index contributed by atoms with van der Waals surface area (Å²) in [5, 5.41) is 9.55. The number of nitrogens with one attached hydrogen (secondary N) is 3. The minimum Gasteiger partial charge on any atom is -0.352 e. The SMILES string of the molecule is CN(C)CCNC(=O)c1ccc(CNC(=O)CC2CC3CCC(C2)N3)cc1.Cl.Cl. The van der Waals surface area contributed by atoms with Crippen molar-refractivity contribution in [3.05, 3.63) is 35.4 Å². The van der Waals surface area contributed by atoms with Crippen molar-refractivity contribution in [3.8, 4) is 0 Å². The lowest BCUT2D eigenvalue weighted by Gasteiger charge is -2.28. The monoisotopic (exact) mass is 444 g/mol. The van der Waals surface area contributed by atoms with Crippen LogP contribution in [0, 0.1) is 5.92 Å². The van der Waals surface area contributed by atoms with E-state index in [4.69, 9.17) is 0 Å². The van der Waals surface area contributed by atoms with Crippen LogP contribution in [0.4, 0.5) is 0 Å². The van der Waals surface area contributed by atoms with Gasteiger partial charge in [0, 0.05) is 43.7 Å². The molecule has 1 aromatic carbocycles. The molecule has 2 unspecified atom stereocenters. The van der Waals surface area contributed by atoms with Crippen molar-refractivity contribution in [2.24, 2.45) is 5.92 Å². The van der Waals surface area contributed by atoms with Crippen molar-refractivity contribution in [1.82, 2.24) is 20.9 Å². The van der Waals surface area contributed by atoms with Gasteiger partial charge in [0.1, 0.15) is 0 Å². The van der Waals surface area contributed by atoms with Gasteiger partial charge >= 0.3 is 0 Å². The van der Waals surface area contributed by atoms with Crippen molar-refractivity contribution in [2.75, 3.05) is 27.2 Å². The fourth-order valence-electron chi connectivity index (χ4n) is 4.15. The third kappa shape index (κ3) is 8.13. The molecule has 0 aliphatic carbocycles. The van der Waals surface area contributed by atoms with Crippen LogP contribution in [0.3, 0.4) is 0 Å². The van der Waals surface area contributed by atoms with E-state index in [1.54, 1.807) is 0 Å². The summed E-state index contributed by atoms with van der Waals surface area (Å²) < 4.78 is 0. The van der Waals surface area contributed by atoms with Gasteiger partial charge in [-0.05, 0) is 63.4 Å². The molecule has 1 aromatic rings. The Kier molecular flexibility index (Phi) is 11.0. The molecule has 2 aliphatic heterocycles. The van der Waals surface area contributed by atoms with Crippen LogP contribution < -0.4 is 16.0 Å². The molecular weight excluding hydrogens is 411 g/mol. The first-order valence-electron chi connectivity index (χ1n) is 10.0. The summed E-state index contributed by atoms with van der Waals surface area (Å²) in [4.78, 5) is 26.4. The lowest BCUT2D eigenvalue weighted by Crippen LogP contribution is -2.39. The van der Waals surface area contributed by atoms with Crippen molar-refractivity contribution in [2.45, 2.75) is 50.7 Å². The van der Waals surface area contributed by atoms with E-state index in [0.29, 0.717) is 43.1 Å². The van der Waals surface area contributed by atoms with Gasteiger partial charge in [0.05, 0.1) is 0 Å². The van der Waals surface area contributed by atoms with Gasteiger partial charge < -0.3 is 20.9 Å². The number of hydrogen-bond acceptors (Lipinski definition) is 4. The molecule has 3 N–H and O–H groups in total.